The molecule has 0 spiro atoms. The number of aryl methyl sites for hydroxylation is 1. The van der Waals surface area contributed by atoms with Gasteiger partial charge in [0.05, 0.1) is 6.54 Å². The van der Waals surface area contributed by atoms with E-state index in [1.807, 2.05) is 6.92 Å². The van der Waals surface area contributed by atoms with E-state index >= 15 is 0 Å². The summed E-state index contributed by atoms with van der Waals surface area (Å²) in [6.07, 6.45) is -0.972. The quantitative estimate of drug-likeness (QED) is 0.892. The fourth-order valence-electron chi connectivity index (χ4n) is 1.47. The largest absolute Gasteiger partial charge is 0.384 e. The van der Waals surface area contributed by atoms with Crippen LogP contribution in [-0.4, -0.2) is 25.3 Å². The summed E-state index contributed by atoms with van der Waals surface area (Å²) in [6, 6.07) is 5.55. The van der Waals surface area contributed by atoms with Gasteiger partial charge in [-0.2, -0.15) is 4.80 Å². The molecule has 1 aromatic heterocycles. The summed E-state index contributed by atoms with van der Waals surface area (Å²) in [4.78, 5) is 1.40. The van der Waals surface area contributed by atoms with Crippen molar-refractivity contribution in [2.24, 2.45) is 0 Å². The maximum atomic E-state index is 12.8. The summed E-state index contributed by atoms with van der Waals surface area (Å²) in [5.74, 6) is -0.0692. The van der Waals surface area contributed by atoms with Gasteiger partial charge in [0.1, 0.15) is 11.9 Å². The molecule has 1 aromatic carbocycles. The van der Waals surface area contributed by atoms with Crippen molar-refractivity contribution in [3.8, 4) is 0 Å². The molecule has 5 nitrogen and oxygen atoms in total. The Morgan fingerprint density at radius 3 is 2.67 bits per heavy atom. The Kier molecular flexibility index (Phi) is 3.47. The van der Waals surface area contributed by atoms with Gasteiger partial charge in [-0.1, -0.05) is 18.7 Å². The molecule has 6 heteroatoms. The Morgan fingerprint density at radius 1 is 1.44 bits per heavy atom. The molecule has 0 saturated carbocycles. The normalized spacial score (nSPS) is 12.4. The van der Waals surface area contributed by atoms with Crippen LogP contribution in [0.2, 0.25) is 0 Å². The summed E-state index contributed by atoms with van der Waals surface area (Å²) in [6.45, 7) is 6.22. The van der Waals surface area contributed by atoms with Crippen molar-refractivity contribution in [2.75, 3.05) is 0 Å². The summed E-state index contributed by atoms with van der Waals surface area (Å²) < 4.78 is 12.8. The van der Waals surface area contributed by atoms with E-state index in [4.69, 9.17) is 0 Å². The number of aliphatic hydroxyl groups excluding tert-OH is 1. The van der Waals surface area contributed by atoms with Crippen LogP contribution in [0.5, 0.6) is 0 Å². The average Bonchev–Trinajstić information content (AvgIpc) is 2.86. The first-order valence-corrected chi connectivity index (χ1v) is 5.52. The molecular weight excluding hydrogens is 235 g/mol. The first-order valence-electron chi connectivity index (χ1n) is 5.52. The van der Waals surface area contributed by atoms with Crippen molar-refractivity contribution in [3.63, 3.8) is 0 Å². The molecule has 0 aliphatic rings. The number of nitrogens with zero attached hydrogens (tertiary/aromatic N) is 4. The van der Waals surface area contributed by atoms with Gasteiger partial charge in [0.15, 0.2) is 0 Å². The molecule has 2 aromatic rings. The molecule has 0 saturated heterocycles. The zero-order valence-electron chi connectivity index (χ0n) is 9.91. The van der Waals surface area contributed by atoms with Crippen molar-refractivity contribution in [1.82, 2.24) is 20.2 Å². The van der Waals surface area contributed by atoms with Gasteiger partial charge in [0.2, 0.25) is 5.82 Å². The van der Waals surface area contributed by atoms with Gasteiger partial charge in [-0.25, -0.2) is 4.39 Å². The highest BCUT2D eigenvalue weighted by Gasteiger charge is 2.17. The average molecular weight is 248 g/mol. The minimum absolute atomic E-state index is 0.286. The Bertz CT molecular complexity index is 549. The number of aliphatic hydroxyl groups is 1. The number of rotatable bonds is 4. The lowest BCUT2D eigenvalue weighted by molar-refractivity contribution is 0.237. The number of halogens is 1. The van der Waals surface area contributed by atoms with E-state index in [0.717, 1.165) is 0 Å². The lowest BCUT2D eigenvalue weighted by atomic mass is 10.0. The van der Waals surface area contributed by atoms with Gasteiger partial charge in [-0.05, 0) is 29.8 Å². The van der Waals surface area contributed by atoms with Crippen molar-refractivity contribution in [3.05, 3.63) is 48.0 Å². The van der Waals surface area contributed by atoms with Crippen molar-refractivity contribution in [1.29, 1.82) is 0 Å². The fourth-order valence-corrected chi connectivity index (χ4v) is 1.47. The lowest BCUT2D eigenvalue weighted by Crippen LogP contribution is -2.03. The third-order valence-electron chi connectivity index (χ3n) is 2.54. The van der Waals surface area contributed by atoms with Crippen molar-refractivity contribution < 1.29 is 9.50 Å². The maximum Gasteiger partial charge on any atom is 0.203 e. The molecule has 0 amide bonds. The molecule has 18 heavy (non-hydrogen) atoms. The second-order valence-corrected chi connectivity index (χ2v) is 3.78. The third-order valence-corrected chi connectivity index (χ3v) is 2.54. The van der Waals surface area contributed by atoms with Gasteiger partial charge in [-0.3, -0.25) is 0 Å². The molecular formula is C12H13FN4O. The van der Waals surface area contributed by atoms with E-state index in [-0.39, 0.29) is 11.6 Å². The van der Waals surface area contributed by atoms with Crippen LogP contribution in [0.25, 0.3) is 5.57 Å². The predicted octanol–water partition coefficient (Wildman–Crippen LogP) is 1.58. The van der Waals surface area contributed by atoms with E-state index in [1.54, 1.807) is 0 Å². The lowest BCUT2D eigenvalue weighted by Gasteiger charge is -2.10. The van der Waals surface area contributed by atoms with Crippen molar-refractivity contribution >= 4 is 5.57 Å². The highest BCUT2D eigenvalue weighted by molar-refractivity contribution is 5.62. The highest BCUT2D eigenvalue weighted by Crippen LogP contribution is 2.25. The van der Waals surface area contributed by atoms with Gasteiger partial charge < -0.3 is 5.11 Å². The third kappa shape index (κ3) is 2.43. The zero-order chi connectivity index (χ0) is 13.1. The van der Waals surface area contributed by atoms with Crippen LogP contribution in [0, 0.1) is 5.82 Å². The molecule has 0 radical (unpaired) electrons. The Morgan fingerprint density at radius 2 is 2.11 bits per heavy atom. The van der Waals surface area contributed by atoms with E-state index in [9.17, 15) is 9.50 Å². The van der Waals surface area contributed by atoms with E-state index in [1.165, 1.54) is 29.1 Å². The molecule has 0 aliphatic carbocycles. The summed E-state index contributed by atoms with van der Waals surface area (Å²) in [5, 5.41) is 21.7. The van der Waals surface area contributed by atoms with E-state index in [2.05, 4.69) is 22.0 Å². The number of hydrogen-bond acceptors (Lipinski definition) is 4. The Hall–Kier alpha value is -2.08. The molecule has 2 rings (SSSR count). The number of tetrazole rings is 1. The standard InChI is InChI=1S/C12H13FN4O/c1-3-17-15-12(14-16-17)8(2)11(18)9-4-6-10(13)7-5-9/h4-7,11,18H,2-3H2,1H3. The SMILES string of the molecule is C=C(c1nnn(CC)n1)C(O)c1ccc(F)cc1. The molecule has 1 unspecified atom stereocenters. The molecule has 1 N–H and O–H groups in total. The summed E-state index contributed by atoms with van der Waals surface area (Å²) in [5.41, 5.74) is 0.871. The zero-order valence-corrected chi connectivity index (χ0v) is 9.91. The van der Waals surface area contributed by atoms with Crippen LogP contribution in [-0.2, 0) is 6.54 Å². The predicted molar refractivity (Wildman–Crippen MR) is 63.9 cm³/mol. The van der Waals surface area contributed by atoms with Gasteiger partial charge in [-0.15, -0.1) is 10.2 Å². The maximum absolute atomic E-state index is 12.8. The molecule has 1 heterocycles. The van der Waals surface area contributed by atoms with Crippen LogP contribution in [0.15, 0.2) is 30.8 Å². The van der Waals surface area contributed by atoms with Gasteiger partial charge in [0.25, 0.3) is 0 Å². The highest BCUT2D eigenvalue weighted by atomic mass is 19.1. The number of benzene rings is 1. The van der Waals surface area contributed by atoms with Crippen LogP contribution >= 0.6 is 0 Å². The Labute approximate surface area is 104 Å². The smallest absolute Gasteiger partial charge is 0.203 e. The number of hydrogen-bond donors (Lipinski definition) is 1. The van der Waals surface area contributed by atoms with Gasteiger partial charge >= 0.3 is 0 Å². The van der Waals surface area contributed by atoms with E-state index < -0.39 is 6.10 Å². The first kappa shape index (κ1) is 12.4. The molecule has 0 fully saturated rings. The minimum Gasteiger partial charge on any atom is -0.384 e. The van der Waals surface area contributed by atoms with Crippen LogP contribution in [0.1, 0.15) is 24.4 Å². The summed E-state index contributed by atoms with van der Waals surface area (Å²) >= 11 is 0. The van der Waals surface area contributed by atoms with E-state index in [0.29, 0.717) is 17.7 Å². The van der Waals surface area contributed by atoms with Crippen molar-refractivity contribution in [2.45, 2.75) is 19.6 Å². The van der Waals surface area contributed by atoms with Crippen LogP contribution in [0.4, 0.5) is 4.39 Å². The monoisotopic (exact) mass is 248 g/mol. The first-order chi connectivity index (χ1) is 8.61. The molecule has 0 bridgehead atoms. The molecule has 0 aliphatic heterocycles. The van der Waals surface area contributed by atoms with Crippen LogP contribution in [0.3, 0.4) is 0 Å². The molecule has 1 atom stereocenters. The second-order valence-electron chi connectivity index (χ2n) is 3.78. The Balaban J connectivity index is 2.20. The number of aromatic nitrogens is 4. The summed E-state index contributed by atoms with van der Waals surface area (Å²) in [7, 11) is 0. The topological polar surface area (TPSA) is 63.8 Å². The fraction of sp³-hybridized carbons (Fsp3) is 0.250. The second kappa shape index (κ2) is 5.05. The molecule has 94 valence electrons. The van der Waals surface area contributed by atoms with Crippen LogP contribution < -0.4 is 0 Å². The van der Waals surface area contributed by atoms with Gasteiger partial charge in [0, 0.05) is 5.57 Å². The minimum atomic E-state index is -0.972.